The van der Waals surface area contributed by atoms with E-state index in [0.717, 1.165) is 40.4 Å². The maximum absolute atomic E-state index is 6.39. The third kappa shape index (κ3) is 2.28. The lowest BCUT2D eigenvalue weighted by Crippen LogP contribution is -2.56. The van der Waals surface area contributed by atoms with Crippen molar-refractivity contribution in [3.63, 3.8) is 0 Å². The van der Waals surface area contributed by atoms with Crippen LogP contribution in [0, 0.1) is 17.3 Å². The van der Waals surface area contributed by atoms with Crippen LogP contribution in [0.25, 0.3) is 0 Å². The Hall–Kier alpha value is -1.06. The highest BCUT2D eigenvalue weighted by Gasteiger charge is 2.71. The predicted molar refractivity (Wildman–Crippen MR) is 108 cm³/mol. The SMILES string of the molecule is CCO/N=C1\CC2(CCN([C@@H]3CC45C[C@H]4CC[C@@H]35)CC2)c2cc(Cl)ccc21. The Morgan fingerprint density at radius 1 is 1.22 bits per heavy atom. The minimum atomic E-state index is 0.214. The van der Waals surface area contributed by atoms with E-state index in [1.165, 1.54) is 56.3 Å². The summed E-state index contributed by atoms with van der Waals surface area (Å²) in [4.78, 5) is 8.27. The first kappa shape index (κ1) is 16.9. The molecule has 0 radical (unpaired) electrons. The Morgan fingerprint density at radius 2 is 2.07 bits per heavy atom. The van der Waals surface area contributed by atoms with Gasteiger partial charge in [0.05, 0.1) is 5.71 Å². The number of oxime groups is 1. The van der Waals surface area contributed by atoms with Crippen LogP contribution in [0.2, 0.25) is 5.02 Å². The van der Waals surface area contributed by atoms with Crippen molar-refractivity contribution in [1.82, 2.24) is 4.90 Å². The summed E-state index contributed by atoms with van der Waals surface area (Å²) in [6.07, 6.45) is 9.53. The molecule has 1 heterocycles. The summed E-state index contributed by atoms with van der Waals surface area (Å²) in [6.45, 7) is 5.08. The number of hydrogen-bond donors (Lipinski definition) is 0. The molecule has 6 rings (SSSR count). The molecular formula is C23H29ClN2O. The van der Waals surface area contributed by atoms with E-state index in [4.69, 9.17) is 16.4 Å². The molecule has 1 aliphatic heterocycles. The third-order valence-corrected chi connectivity index (χ3v) is 9.03. The molecule has 0 aromatic heterocycles. The van der Waals surface area contributed by atoms with Crippen LogP contribution in [0.1, 0.15) is 63.0 Å². The molecular weight excluding hydrogens is 356 g/mol. The van der Waals surface area contributed by atoms with Gasteiger partial charge >= 0.3 is 0 Å². The Bertz CT molecular complexity index is 811. The van der Waals surface area contributed by atoms with Gasteiger partial charge in [0.1, 0.15) is 6.61 Å². The van der Waals surface area contributed by atoms with Gasteiger partial charge < -0.3 is 9.74 Å². The molecule has 0 bridgehead atoms. The number of nitrogens with zero attached hydrogens (tertiary/aromatic N) is 2. The lowest BCUT2D eigenvalue weighted by molar-refractivity contribution is -0.0245. The number of halogens is 1. The quantitative estimate of drug-likeness (QED) is 0.684. The molecule has 2 spiro atoms. The molecule has 4 fully saturated rings. The van der Waals surface area contributed by atoms with Gasteiger partial charge in [-0.15, -0.1) is 0 Å². The molecule has 1 saturated heterocycles. The highest BCUT2D eigenvalue weighted by molar-refractivity contribution is 6.31. The Labute approximate surface area is 167 Å². The van der Waals surface area contributed by atoms with Crippen molar-refractivity contribution < 1.29 is 4.84 Å². The molecule has 1 aromatic rings. The van der Waals surface area contributed by atoms with E-state index >= 15 is 0 Å². The third-order valence-electron chi connectivity index (χ3n) is 8.80. The zero-order valence-corrected chi connectivity index (χ0v) is 17.0. The molecule has 4 atom stereocenters. The summed E-state index contributed by atoms with van der Waals surface area (Å²) in [7, 11) is 0. The van der Waals surface area contributed by atoms with Crippen molar-refractivity contribution in [1.29, 1.82) is 0 Å². The maximum atomic E-state index is 6.39. The highest BCUT2D eigenvalue weighted by Crippen LogP contribution is 2.76. The fourth-order valence-corrected chi connectivity index (χ4v) is 7.49. The van der Waals surface area contributed by atoms with Crippen molar-refractivity contribution in [3.05, 3.63) is 34.3 Å². The van der Waals surface area contributed by atoms with E-state index in [2.05, 4.69) is 22.2 Å². The van der Waals surface area contributed by atoms with Crippen molar-refractivity contribution in [2.75, 3.05) is 19.7 Å². The average Bonchev–Trinajstić information content (AvgIpc) is 3.25. The van der Waals surface area contributed by atoms with E-state index < -0.39 is 0 Å². The Morgan fingerprint density at radius 3 is 2.81 bits per heavy atom. The maximum Gasteiger partial charge on any atom is 0.114 e. The summed E-state index contributed by atoms with van der Waals surface area (Å²) in [6, 6.07) is 7.23. The second kappa shape index (κ2) is 5.73. The minimum absolute atomic E-state index is 0.214. The zero-order chi connectivity index (χ0) is 18.2. The van der Waals surface area contributed by atoms with E-state index in [1.54, 1.807) is 6.42 Å². The topological polar surface area (TPSA) is 24.8 Å². The zero-order valence-electron chi connectivity index (χ0n) is 16.2. The molecule has 0 amide bonds. The summed E-state index contributed by atoms with van der Waals surface area (Å²) in [5, 5.41) is 5.31. The first-order valence-electron chi connectivity index (χ1n) is 10.9. The van der Waals surface area contributed by atoms with Gasteiger partial charge in [-0.2, -0.15) is 0 Å². The second-order valence-electron chi connectivity index (χ2n) is 9.73. The standard InChI is InChI=1S/C23H29ClN2O/c1-2-27-25-20-13-22(19-11-16(24)4-5-17(19)20)7-9-26(10-8-22)21-14-23-12-15(23)3-6-18(21)23/h4-5,11,15,18,21H,2-3,6-10,12-14H2,1H3/b25-20+/t15-,18+,21-,23?/m1/s1. The van der Waals surface area contributed by atoms with E-state index in [0.29, 0.717) is 6.61 Å². The number of hydrogen-bond acceptors (Lipinski definition) is 3. The Kier molecular flexibility index (Phi) is 3.58. The van der Waals surface area contributed by atoms with Crippen molar-refractivity contribution in [2.24, 2.45) is 22.4 Å². The number of rotatable bonds is 3. The first-order valence-corrected chi connectivity index (χ1v) is 11.3. The van der Waals surface area contributed by atoms with Gasteiger partial charge in [0.15, 0.2) is 0 Å². The van der Waals surface area contributed by atoms with Crippen LogP contribution in [0.4, 0.5) is 0 Å². The van der Waals surface area contributed by atoms with Crippen molar-refractivity contribution >= 4 is 17.3 Å². The normalized spacial score (nSPS) is 39.8. The fraction of sp³-hybridized carbons (Fsp3) is 0.696. The molecule has 1 aromatic carbocycles. The molecule has 1 unspecified atom stereocenters. The molecule has 4 aliphatic carbocycles. The second-order valence-corrected chi connectivity index (χ2v) is 10.2. The molecule has 27 heavy (non-hydrogen) atoms. The van der Waals surface area contributed by atoms with Gasteiger partial charge in [-0.25, -0.2) is 0 Å². The lowest BCUT2D eigenvalue weighted by atomic mass is 9.65. The van der Waals surface area contributed by atoms with Crippen LogP contribution in [0.3, 0.4) is 0 Å². The smallest absolute Gasteiger partial charge is 0.114 e. The van der Waals surface area contributed by atoms with Crippen LogP contribution in [-0.4, -0.2) is 36.3 Å². The molecule has 4 heteroatoms. The molecule has 5 aliphatic rings. The van der Waals surface area contributed by atoms with Crippen LogP contribution in [0.15, 0.2) is 23.4 Å². The minimum Gasteiger partial charge on any atom is -0.396 e. The molecule has 0 N–H and O–H groups in total. The van der Waals surface area contributed by atoms with Gasteiger partial charge in [-0.05, 0) is 93.5 Å². The molecule has 144 valence electrons. The number of likely N-dealkylation sites (tertiary alicyclic amines) is 1. The summed E-state index contributed by atoms with van der Waals surface area (Å²) < 4.78 is 0. The van der Waals surface area contributed by atoms with Crippen LogP contribution in [-0.2, 0) is 10.3 Å². The predicted octanol–water partition coefficient (Wildman–Crippen LogP) is 5.01. The average molecular weight is 385 g/mol. The monoisotopic (exact) mass is 384 g/mol. The Balaban J connectivity index is 1.23. The molecule has 3 nitrogen and oxygen atoms in total. The first-order chi connectivity index (χ1) is 13.2. The van der Waals surface area contributed by atoms with E-state index in [9.17, 15) is 0 Å². The van der Waals surface area contributed by atoms with Gasteiger partial charge in [0.25, 0.3) is 0 Å². The van der Waals surface area contributed by atoms with Crippen LogP contribution < -0.4 is 0 Å². The van der Waals surface area contributed by atoms with Gasteiger partial charge in [0.2, 0.25) is 0 Å². The summed E-state index contributed by atoms with van der Waals surface area (Å²) >= 11 is 6.39. The van der Waals surface area contributed by atoms with Gasteiger partial charge in [0, 0.05) is 28.5 Å². The lowest BCUT2D eigenvalue weighted by Gasteiger charge is -2.53. The van der Waals surface area contributed by atoms with E-state index in [-0.39, 0.29) is 5.41 Å². The molecule has 3 saturated carbocycles. The number of benzene rings is 1. The van der Waals surface area contributed by atoms with Gasteiger partial charge in [-0.1, -0.05) is 22.8 Å². The summed E-state index contributed by atoms with van der Waals surface area (Å²) in [5.74, 6) is 2.13. The van der Waals surface area contributed by atoms with Crippen LogP contribution >= 0.6 is 11.6 Å². The fourth-order valence-electron chi connectivity index (χ4n) is 7.31. The highest BCUT2D eigenvalue weighted by atomic mass is 35.5. The van der Waals surface area contributed by atoms with Crippen LogP contribution in [0.5, 0.6) is 0 Å². The number of piperidine rings is 1. The van der Waals surface area contributed by atoms with E-state index in [1.807, 2.05) is 13.0 Å². The summed E-state index contributed by atoms with van der Waals surface area (Å²) in [5.41, 5.74) is 4.84. The largest absolute Gasteiger partial charge is 0.396 e. The van der Waals surface area contributed by atoms with Crippen molar-refractivity contribution in [2.45, 2.75) is 63.3 Å². The number of fused-ring (bicyclic) bond motifs is 2. The van der Waals surface area contributed by atoms with Gasteiger partial charge in [-0.3, -0.25) is 0 Å². The van der Waals surface area contributed by atoms with Crippen molar-refractivity contribution in [3.8, 4) is 0 Å².